The van der Waals surface area contributed by atoms with Gasteiger partial charge < -0.3 is 15.4 Å². The van der Waals surface area contributed by atoms with Gasteiger partial charge in [-0.3, -0.25) is 14.1 Å². The summed E-state index contributed by atoms with van der Waals surface area (Å²) >= 11 is 0. The van der Waals surface area contributed by atoms with E-state index in [0.717, 1.165) is 32.7 Å². The van der Waals surface area contributed by atoms with Crippen molar-refractivity contribution >= 4 is 36.4 Å². The largest absolute Gasteiger partial charge is 0.475 e. The smallest absolute Gasteiger partial charge is 0.271 e. The second-order valence-corrected chi connectivity index (χ2v) is 5.55. The third kappa shape index (κ3) is 4.51. The predicted octanol–water partition coefficient (Wildman–Crippen LogP) is 0.903. The molecule has 0 spiro atoms. The van der Waals surface area contributed by atoms with Gasteiger partial charge in [-0.05, 0) is 19.2 Å². The molecule has 3 heterocycles. The molecule has 2 aromatic rings. The summed E-state index contributed by atoms with van der Waals surface area (Å²) in [7, 11) is 2.13. The summed E-state index contributed by atoms with van der Waals surface area (Å²) in [5.41, 5.74) is 6.42. The van der Waals surface area contributed by atoms with Crippen molar-refractivity contribution in [3.05, 3.63) is 30.1 Å². The van der Waals surface area contributed by atoms with E-state index in [-0.39, 0.29) is 24.8 Å². The number of nitrogens with zero attached hydrogens (tertiary/aromatic N) is 4. The van der Waals surface area contributed by atoms with Gasteiger partial charge in [-0.1, -0.05) is 6.07 Å². The number of likely N-dealkylation sites (N-methyl/N-ethyl adjacent to an activating group) is 1. The molecule has 1 amide bonds. The Kier molecular flexibility index (Phi) is 7.75. The quantitative estimate of drug-likeness (QED) is 0.839. The SMILES string of the molecule is CN1CCN(CCOc2nc3ccccn3c2C(N)=O)CC1.Cl.Cl. The Balaban J connectivity index is 0.00000144. The second-order valence-electron chi connectivity index (χ2n) is 5.55. The minimum absolute atomic E-state index is 0. The summed E-state index contributed by atoms with van der Waals surface area (Å²) in [5, 5.41) is 0. The zero-order valence-electron chi connectivity index (χ0n) is 13.6. The van der Waals surface area contributed by atoms with Crippen LogP contribution in [0.5, 0.6) is 5.88 Å². The number of fused-ring (bicyclic) bond motifs is 1. The van der Waals surface area contributed by atoms with Gasteiger partial charge in [0.25, 0.3) is 5.91 Å². The Labute approximate surface area is 153 Å². The molecule has 1 saturated heterocycles. The van der Waals surface area contributed by atoms with Crippen LogP contribution >= 0.6 is 24.8 Å². The minimum atomic E-state index is -0.534. The molecule has 0 bridgehead atoms. The number of hydrogen-bond donors (Lipinski definition) is 1. The van der Waals surface area contributed by atoms with Crippen LogP contribution in [-0.2, 0) is 0 Å². The summed E-state index contributed by atoms with van der Waals surface area (Å²) in [5.74, 6) is -0.221. The van der Waals surface area contributed by atoms with Gasteiger partial charge in [0, 0.05) is 38.9 Å². The lowest BCUT2D eigenvalue weighted by molar-refractivity contribution is 0.0987. The molecule has 1 aliphatic heterocycles. The number of carbonyl (C=O) groups excluding carboxylic acids is 1. The van der Waals surface area contributed by atoms with Crippen molar-refractivity contribution in [3.63, 3.8) is 0 Å². The van der Waals surface area contributed by atoms with Gasteiger partial charge in [0.15, 0.2) is 5.69 Å². The summed E-state index contributed by atoms with van der Waals surface area (Å²) in [6.45, 7) is 5.52. The molecule has 7 nitrogen and oxygen atoms in total. The first-order chi connectivity index (χ1) is 10.6. The van der Waals surface area contributed by atoms with Crippen LogP contribution in [0.15, 0.2) is 24.4 Å². The maximum atomic E-state index is 11.7. The summed E-state index contributed by atoms with van der Waals surface area (Å²) < 4.78 is 7.39. The average Bonchev–Trinajstić information content (AvgIpc) is 2.87. The lowest BCUT2D eigenvalue weighted by Gasteiger charge is -2.32. The first-order valence-electron chi connectivity index (χ1n) is 7.46. The van der Waals surface area contributed by atoms with Crippen LogP contribution in [0, 0.1) is 0 Å². The van der Waals surface area contributed by atoms with Gasteiger partial charge in [0.1, 0.15) is 12.3 Å². The molecule has 0 saturated carbocycles. The minimum Gasteiger partial charge on any atom is -0.475 e. The third-order valence-corrected chi connectivity index (χ3v) is 3.97. The van der Waals surface area contributed by atoms with Crippen molar-refractivity contribution in [2.45, 2.75) is 0 Å². The summed E-state index contributed by atoms with van der Waals surface area (Å²) in [4.78, 5) is 20.7. The molecule has 24 heavy (non-hydrogen) atoms. The molecule has 2 N–H and O–H groups in total. The van der Waals surface area contributed by atoms with Crippen LogP contribution in [0.1, 0.15) is 10.5 Å². The lowest BCUT2D eigenvalue weighted by atomic mass is 10.3. The van der Waals surface area contributed by atoms with Gasteiger partial charge in [-0.25, -0.2) is 0 Å². The van der Waals surface area contributed by atoms with E-state index in [9.17, 15) is 4.79 Å². The van der Waals surface area contributed by atoms with E-state index in [1.165, 1.54) is 0 Å². The number of ether oxygens (including phenoxy) is 1. The molecule has 1 fully saturated rings. The molecule has 2 aromatic heterocycles. The second kappa shape index (κ2) is 9.08. The molecule has 1 aliphatic rings. The molecule has 0 radical (unpaired) electrons. The van der Waals surface area contributed by atoms with E-state index < -0.39 is 5.91 Å². The van der Waals surface area contributed by atoms with Gasteiger partial charge in [-0.2, -0.15) is 4.98 Å². The van der Waals surface area contributed by atoms with E-state index in [4.69, 9.17) is 10.5 Å². The molecule has 9 heteroatoms. The fourth-order valence-electron chi connectivity index (χ4n) is 2.64. The molecular formula is C15H23Cl2N5O2. The number of amides is 1. The van der Waals surface area contributed by atoms with Gasteiger partial charge in [-0.15, -0.1) is 24.8 Å². The molecule has 0 unspecified atom stereocenters. The Bertz CT molecular complexity index is 671. The topological polar surface area (TPSA) is 76.1 Å². The average molecular weight is 376 g/mol. The molecule has 134 valence electrons. The highest BCUT2D eigenvalue weighted by Crippen LogP contribution is 2.19. The number of imidazole rings is 1. The number of nitrogens with two attached hydrogens (primary N) is 1. The third-order valence-electron chi connectivity index (χ3n) is 3.97. The molecule has 3 rings (SSSR count). The summed E-state index contributed by atoms with van der Waals surface area (Å²) in [6, 6.07) is 5.51. The molecular weight excluding hydrogens is 353 g/mol. The maximum absolute atomic E-state index is 11.7. The number of piperazine rings is 1. The number of halogens is 2. The summed E-state index contributed by atoms with van der Waals surface area (Å²) in [6.07, 6.45) is 1.76. The Morgan fingerprint density at radius 2 is 1.96 bits per heavy atom. The van der Waals surface area contributed by atoms with Crippen LogP contribution in [0.4, 0.5) is 0 Å². The Hall–Kier alpha value is -1.54. The fourth-order valence-corrected chi connectivity index (χ4v) is 2.64. The highest BCUT2D eigenvalue weighted by Gasteiger charge is 2.19. The van der Waals surface area contributed by atoms with Crippen molar-refractivity contribution in [1.29, 1.82) is 0 Å². The van der Waals surface area contributed by atoms with Crippen molar-refractivity contribution in [2.24, 2.45) is 5.73 Å². The van der Waals surface area contributed by atoms with E-state index in [1.807, 2.05) is 18.2 Å². The van der Waals surface area contributed by atoms with Crippen LogP contribution in [-0.4, -0.2) is 71.5 Å². The van der Waals surface area contributed by atoms with E-state index in [0.29, 0.717) is 23.8 Å². The van der Waals surface area contributed by atoms with Crippen molar-refractivity contribution < 1.29 is 9.53 Å². The molecule has 0 atom stereocenters. The Morgan fingerprint density at radius 1 is 1.25 bits per heavy atom. The number of carbonyl (C=O) groups is 1. The predicted molar refractivity (Wildman–Crippen MR) is 97.6 cm³/mol. The van der Waals surface area contributed by atoms with E-state index in [2.05, 4.69) is 21.8 Å². The van der Waals surface area contributed by atoms with Crippen molar-refractivity contribution in [1.82, 2.24) is 19.2 Å². The number of hydrogen-bond acceptors (Lipinski definition) is 5. The first-order valence-corrected chi connectivity index (χ1v) is 7.46. The maximum Gasteiger partial charge on any atom is 0.271 e. The van der Waals surface area contributed by atoms with E-state index >= 15 is 0 Å². The number of primary amides is 1. The van der Waals surface area contributed by atoms with Gasteiger partial charge in [0.2, 0.25) is 5.88 Å². The lowest BCUT2D eigenvalue weighted by Crippen LogP contribution is -2.45. The van der Waals surface area contributed by atoms with E-state index in [1.54, 1.807) is 10.6 Å². The van der Waals surface area contributed by atoms with Crippen molar-refractivity contribution in [3.8, 4) is 5.88 Å². The first kappa shape index (κ1) is 20.5. The highest BCUT2D eigenvalue weighted by atomic mass is 35.5. The molecule has 0 aromatic carbocycles. The van der Waals surface area contributed by atoms with Gasteiger partial charge >= 0.3 is 0 Å². The van der Waals surface area contributed by atoms with Crippen LogP contribution in [0.3, 0.4) is 0 Å². The standard InChI is InChI=1S/C15H21N5O2.2ClH/c1-18-6-8-19(9-7-18)10-11-22-15-13(14(16)21)20-5-3-2-4-12(20)17-15;;/h2-5H,6-11H2,1H3,(H2,16,21);2*1H. The van der Waals surface area contributed by atoms with Crippen LogP contribution in [0.2, 0.25) is 0 Å². The van der Waals surface area contributed by atoms with Crippen LogP contribution in [0.25, 0.3) is 5.65 Å². The zero-order valence-corrected chi connectivity index (χ0v) is 15.2. The van der Waals surface area contributed by atoms with Gasteiger partial charge in [0.05, 0.1) is 0 Å². The number of rotatable bonds is 5. The normalized spacial score (nSPS) is 15.5. The molecule has 0 aliphatic carbocycles. The van der Waals surface area contributed by atoms with Crippen molar-refractivity contribution in [2.75, 3.05) is 46.4 Å². The number of pyridine rings is 1. The highest BCUT2D eigenvalue weighted by molar-refractivity contribution is 5.94. The zero-order chi connectivity index (χ0) is 15.5. The van der Waals surface area contributed by atoms with Crippen LogP contribution < -0.4 is 10.5 Å². The Morgan fingerprint density at radius 3 is 2.62 bits per heavy atom. The monoisotopic (exact) mass is 375 g/mol. The number of aromatic nitrogens is 2. The fraction of sp³-hybridized carbons (Fsp3) is 0.467.